The van der Waals surface area contributed by atoms with Crippen molar-refractivity contribution in [3.05, 3.63) is 57.6 Å². The third-order valence-corrected chi connectivity index (χ3v) is 9.45. The van der Waals surface area contributed by atoms with Gasteiger partial charge >= 0.3 is 6.18 Å². The molecule has 2 saturated heterocycles. The van der Waals surface area contributed by atoms with E-state index in [0.717, 1.165) is 11.1 Å². The number of benzene rings is 2. The first-order valence-corrected chi connectivity index (χ1v) is 14.7. The number of hydrogen-bond donors (Lipinski definition) is 0. The Labute approximate surface area is 245 Å². The number of piperidine rings is 1. The highest BCUT2D eigenvalue weighted by Crippen LogP contribution is 2.39. The van der Waals surface area contributed by atoms with Crippen molar-refractivity contribution in [2.75, 3.05) is 19.6 Å². The fourth-order valence-electron chi connectivity index (χ4n) is 6.26. The standard InChI is InChI=1S/C30H31Cl2F5N2O2/c31-25-16-21(18-1-3-19(4-2-18)27(40)38-12-8-22(9-13-38)30(35,36)37)17-26(32)24(25)15-20-7-14-39(28(20)41)23-5-10-29(33,34)11-6-23/h1-4,16-17,20,22-23H,5-15H2/t20-/m0/s1. The second kappa shape index (κ2) is 11.7. The molecule has 3 aliphatic rings. The van der Waals surface area contributed by atoms with Gasteiger partial charge < -0.3 is 9.80 Å². The largest absolute Gasteiger partial charge is 0.391 e. The molecule has 0 radical (unpaired) electrons. The van der Waals surface area contributed by atoms with Crippen molar-refractivity contribution in [1.29, 1.82) is 0 Å². The summed E-state index contributed by atoms with van der Waals surface area (Å²) in [7, 11) is 0. The average Bonchev–Trinajstić information content (AvgIpc) is 3.29. The van der Waals surface area contributed by atoms with E-state index < -0.39 is 18.0 Å². The lowest BCUT2D eigenvalue weighted by atomic mass is 9.91. The predicted octanol–water partition coefficient (Wildman–Crippen LogP) is 8.04. The highest BCUT2D eigenvalue weighted by atomic mass is 35.5. The number of halogens is 7. The van der Waals surface area contributed by atoms with Crippen LogP contribution >= 0.6 is 23.2 Å². The monoisotopic (exact) mass is 616 g/mol. The van der Waals surface area contributed by atoms with E-state index in [2.05, 4.69) is 0 Å². The van der Waals surface area contributed by atoms with Gasteiger partial charge in [0.05, 0.1) is 5.92 Å². The Morgan fingerprint density at radius 3 is 2.02 bits per heavy atom. The van der Waals surface area contributed by atoms with Gasteiger partial charge in [0.2, 0.25) is 11.8 Å². The third kappa shape index (κ3) is 6.66. The number of likely N-dealkylation sites (tertiary alicyclic amines) is 2. The number of rotatable bonds is 5. The van der Waals surface area contributed by atoms with Crippen molar-refractivity contribution < 1.29 is 31.5 Å². The van der Waals surface area contributed by atoms with Crippen LogP contribution in [0.4, 0.5) is 22.0 Å². The quantitative estimate of drug-likeness (QED) is 0.319. The molecule has 0 spiro atoms. The molecule has 0 N–H and O–H groups in total. The van der Waals surface area contributed by atoms with Crippen LogP contribution in [-0.4, -0.2) is 59.4 Å². The van der Waals surface area contributed by atoms with Crippen LogP contribution in [0.2, 0.25) is 10.0 Å². The summed E-state index contributed by atoms with van der Waals surface area (Å²) < 4.78 is 66.0. The minimum atomic E-state index is -4.24. The zero-order valence-electron chi connectivity index (χ0n) is 22.3. The first kappa shape index (κ1) is 30.1. The Morgan fingerprint density at radius 2 is 1.46 bits per heavy atom. The fraction of sp³-hybridized carbons (Fsp3) is 0.533. The lowest BCUT2D eigenvalue weighted by Crippen LogP contribution is -2.42. The van der Waals surface area contributed by atoms with Crippen LogP contribution in [0.15, 0.2) is 36.4 Å². The van der Waals surface area contributed by atoms with E-state index in [1.54, 1.807) is 41.3 Å². The molecule has 41 heavy (non-hydrogen) atoms. The zero-order chi connectivity index (χ0) is 29.5. The van der Waals surface area contributed by atoms with Crippen LogP contribution in [0.3, 0.4) is 0 Å². The molecule has 1 aliphatic carbocycles. The van der Waals surface area contributed by atoms with Gasteiger partial charge in [-0.25, -0.2) is 8.78 Å². The molecule has 2 aromatic carbocycles. The van der Waals surface area contributed by atoms with E-state index in [4.69, 9.17) is 23.2 Å². The number of carbonyl (C=O) groups excluding carboxylic acids is 2. The third-order valence-electron chi connectivity index (χ3n) is 8.78. The lowest BCUT2D eigenvalue weighted by molar-refractivity contribution is -0.183. The topological polar surface area (TPSA) is 40.6 Å². The molecule has 4 nitrogen and oxygen atoms in total. The summed E-state index contributed by atoms with van der Waals surface area (Å²) in [6, 6.07) is 10.1. The number of amides is 2. The van der Waals surface area contributed by atoms with E-state index in [1.165, 1.54) is 4.90 Å². The van der Waals surface area contributed by atoms with Crippen LogP contribution in [0, 0.1) is 11.8 Å². The maximum absolute atomic E-state index is 13.6. The van der Waals surface area contributed by atoms with Crippen molar-refractivity contribution in [1.82, 2.24) is 9.80 Å². The van der Waals surface area contributed by atoms with E-state index in [1.807, 2.05) is 0 Å². The van der Waals surface area contributed by atoms with Gasteiger partial charge in [-0.05, 0) is 79.5 Å². The van der Waals surface area contributed by atoms with Gasteiger partial charge in [-0.15, -0.1) is 0 Å². The maximum atomic E-state index is 13.6. The highest BCUT2D eigenvalue weighted by molar-refractivity contribution is 6.36. The molecule has 0 unspecified atom stereocenters. The molecule has 222 valence electrons. The van der Waals surface area contributed by atoms with Gasteiger partial charge in [0.25, 0.3) is 5.91 Å². The molecule has 0 bridgehead atoms. The van der Waals surface area contributed by atoms with E-state index in [0.29, 0.717) is 53.4 Å². The molecule has 11 heteroatoms. The SMILES string of the molecule is O=C(c1ccc(-c2cc(Cl)c(C[C@@H]3CCN(C4CCC(F)(F)CC4)C3=O)c(Cl)c2)cc1)N1CCC(C(F)(F)F)CC1. The normalized spacial score (nSPS) is 22.4. The molecular weight excluding hydrogens is 586 g/mol. The molecule has 1 atom stereocenters. The van der Waals surface area contributed by atoms with Crippen LogP contribution in [-0.2, 0) is 11.2 Å². The molecule has 3 fully saturated rings. The summed E-state index contributed by atoms with van der Waals surface area (Å²) in [4.78, 5) is 29.2. The van der Waals surface area contributed by atoms with Crippen molar-refractivity contribution in [2.45, 2.75) is 69.5 Å². The maximum Gasteiger partial charge on any atom is 0.391 e. The van der Waals surface area contributed by atoms with Gasteiger partial charge in [-0.1, -0.05) is 35.3 Å². The second-order valence-electron chi connectivity index (χ2n) is 11.4. The summed E-state index contributed by atoms with van der Waals surface area (Å²) in [5.41, 5.74) is 2.52. The van der Waals surface area contributed by atoms with Crippen LogP contribution in [0.1, 0.15) is 60.9 Å². The molecule has 2 heterocycles. The van der Waals surface area contributed by atoms with Crippen LogP contribution < -0.4 is 0 Å². The molecule has 5 rings (SSSR count). The summed E-state index contributed by atoms with van der Waals surface area (Å²) >= 11 is 13.2. The highest BCUT2D eigenvalue weighted by Gasteiger charge is 2.43. The molecule has 0 aromatic heterocycles. The number of nitrogens with zero attached hydrogens (tertiary/aromatic N) is 2. The van der Waals surface area contributed by atoms with Crippen LogP contribution in [0.25, 0.3) is 11.1 Å². The van der Waals surface area contributed by atoms with E-state index in [-0.39, 0.29) is 62.5 Å². The summed E-state index contributed by atoms with van der Waals surface area (Å²) in [5, 5.41) is 0.812. The Hall–Kier alpha value is -2.39. The van der Waals surface area contributed by atoms with Gasteiger partial charge in [-0.2, -0.15) is 13.2 Å². The van der Waals surface area contributed by atoms with Crippen molar-refractivity contribution in [3.63, 3.8) is 0 Å². The zero-order valence-corrected chi connectivity index (χ0v) is 23.8. The Bertz CT molecular complexity index is 1260. The first-order valence-electron chi connectivity index (χ1n) is 13.9. The van der Waals surface area contributed by atoms with Gasteiger partial charge in [-0.3, -0.25) is 9.59 Å². The number of carbonyl (C=O) groups is 2. The lowest BCUT2D eigenvalue weighted by Gasteiger charge is -2.34. The first-order chi connectivity index (χ1) is 19.3. The van der Waals surface area contributed by atoms with E-state index in [9.17, 15) is 31.5 Å². The fourth-order valence-corrected chi connectivity index (χ4v) is 6.90. The smallest absolute Gasteiger partial charge is 0.339 e. The van der Waals surface area contributed by atoms with Gasteiger partial charge in [0.15, 0.2) is 0 Å². The molecule has 2 amide bonds. The second-order valence-corrected chi connectivity index (χ2v) is 12.2. The van der Waals surface area contributed by atoms with E-state index >= 15 is 0 Å². The summed E-state index contributed by atoms with van der Waals surface area (Å²) in [6.07, 6.45) is -3.23. The average molecular weight is 617 g/mol. The predicted molar refractivity (Wildman–Crippen MR) is 147 cm³/mol. The Kier molecular flexibility index (Phi) is 8.59. The molecular formula is C30H31Cl2F5N2O2. The Morgan fingerprint density at radius 1 is 0.878 bits per heavy atom. The summed E-state index contributed by atoms with van der Waals surface area (Å²) in [5.74, 6) is -4.68. The minimum Gasteiger partial charge on any atom is -0.339 e. The van der Waals surface area contributed by atoms with Crippen molar-refractivity contribution in [2.24, 2.45) is 11.8 Å². The van der Waals surface area contributed by atoms with Crippen molar-refractivity contribution >= 4 is 35.0 Å². The van der Waals surface area contributed by atoms with Crippen molar-refractivity contribution in [3.8, 4) is 11.1 Å². The summed E-state index contributed by atoms with van der Waals surface area (Å²) in [6.45, 7) is 0.670. The minimum absolute atomic E-state index is 0.0423. The van der Waals surface area contributed by atoms with Crippen LogP contribution in [0.5, 0.6) is 0 Å². The molecule has 2 aliphatic heterocycles. The number of alkyl halides is 5. The van der Waals surface area contributed by atoms with Gasteiger partial charge in [0.1, 0.15) is 0 Å². The molecule has 1 saturated carbocycles. The molecule has 2 aromatic rings. The van der Waals surface area contributed by atoms with Gasteiger partial charge in [0, 0.05) is 60.0 Å². The Balaban J connectivity index is 1.22. The number of hydrogen-bond acceptors (Lipinski definition) is 2.